The van der Waals surface area contributed by atoms with Gasteiger partial charge in [0.05, 0.1) is 0 Å². The van der Waals surface area contributed by atoms with Gasteiger partial charge in [-0.05, 0) is 6.07 Å². The highest BCUT2D eigenvalue weighted by Gasteiger charge is 2.18. The molecule has 1 aliphatic rings. The van der Waals surface area contributed by atoms with Crippen molar-refractivity contribution < 1.29 is 4.74 Å². The van der Waals surface area contributed by atoms with Crippen LogP contribution in [0.15, 0.2) is 24.5 Å². The Balaban J connectivity index is 1.91. The molecule has 3 rings (SSSR count). The SMILES string of the molecule is c1cnc2nc(OC3CNC3)ccc2n1. The smallest absolute Gasteiger partial charge is 0.215 e. The molecule has 1 aliphatic heterocycles. The van der Waals surface area contributed by atoms with Gasteiger partial charge in [0.1, 0.15) is 11.6 Å². The molecule has 0 bridgehead atoms. The van der Waals surface area contributed by atoms with Crippen LogP contribution in [0.5, 0.6) is 5.88 Å². The Morgan fingerprint density at radius 1 is 1.20 bits per heavy atom. The lowest BCUT2D eigenvalue weighted by Crippen LogP contribution is -2.50. The standard InChI is InChI=1S/C10H10N4O/c1-2-9(15-7-5-11-6-7)14-10-8(1)12-3-4-13-10/h1-4,7,11H,5-6H2. The van der Waals surface area contributed by atoms with Crippen molar-refractivity contribution in [1.82, 2.24) is 20.3 Å². The van der Waals surface area contributed by atoms with E-state index in [-0.39, 0.29) is 6.10 Å². The third-order valence-electron chi connectivity index (χ3n) is 2.34. The summed E-state index contributed by atoms with van der Waals surface area (Å²) < 4.78 is 5.62. The number of fused-ring (bicyclic) bond motifs is 1. The zero-order valence-corrected chi connectivity index (χ0v) is 8.05. The van der Waals surface area contributed by atoms with E-state index >= 15 is 0 Å². The number of hydrogen-bond acceptors (Lipinski definition) is 5. The maximum absolute atomic E-state index is 5.62. The average molecular weight is 202 g/mol. The van der Waals surface area contributed by atoms with E-state index in [1.165, 1.54) is 0 Å². The first kappa shape index (κ1) is 8.55. The van der Waals surface area contributed by atoms with Crippen molar-refractivity contribution in [3.05, 3.63) is 24.5 Å². The van der Waals surface area contributed by atoms with Crippen LogP contribution in [0.25, 0.3) is 11.2 Å². The predicted octanol–water partition coefficient (Wildman–Crippen LogP) is 0.375. The molecule has 0 amide bonds. The van der Waals surface area contributed by atoms with E-state index in [0.717, 1.165) is 18.6 Å². The molecule has 0 atom stereocenters. The first-order valence-electron chi connectivity index (χ1n) is 4.87. The van der Waals surface area contributed by atoms with Crippen molar-refractivity contribution in [2.45, 2.75) is 6.10 Å². The Hall–Kier alpha value is -1.75. The molecule has 0 radical (unpaired) electrons. The minimum Gasteiger partial charge on any atom is -0.472 e. The monoisotopic (exact) mass is 202 g/mol. The number of nitrogens with one attached hydrogen (secondary N) is 1. The quantitative estimate of drug-likeness (QED) is 0.762. The van der Waals surface area contributed by atoms with Gasteiger partial charge >= 0.3 is 0 Å². The van der Waals surface area contributed by atoms with Gasteiger partial charge in [0.15, 0.2) is 5.65 Å². The van der Waals surface area contributed by atoms with Crippen LogP contribution in [0.1, 0.15) is 0 Å². The summed E-state index contributed by atoms with van der Waals surface area (Å²) >= 11 is 0. The number of rotatable bonds is 2. The van der Waals surface area contributed by atoms with Crippen LogP contribution < -0.4 is 10.1 Å². The van der Waals surface area contributed by atoms with Crippen LogP contribution in [0.4, 0.5) is 0 Å². The van der Waals surface area contributed by atoms with E-state index in [9.17, 15) is 0 Å². The van der Waals surface area contributed by atoms with Gasteiger partial charge < -0.3 is 10.1 Å². The maximum Gasteiger partial charge on any atom is 0.215 e. The fourth-order valence-corrected chi connectivity index (χ4v) is 1.42. The van der Waals surface area contributed by atoms with Gasteiger partial charge in [0, 0.05) is 31.5 Å². The molecule has 0 saturated carbocycles. The van der Waals surface area contributed by atoms with E-state index < -0.39 is 0 Å². The molecule has 0 spiro atoms. The second-order valence-electron chi connectivity index (χ2n) is 3.45. The topological polar surface area (TPSA) is 59.9 Å². The summed E-state index contributed by atoms with van der Waals surface area (Å²) in [7, 11) is 0. The average Bonchev–Trinajstić information content (AvgIpc) is 2.23. The highest BCUT2D eigenvalue weighted by atomic mass is 16.5. The Morgan fingerprint density at radius 2 is 2.07 bits per heavy atom. The normalized spacial score (nSPS) is 16.3. The Kier molecular flexibility index (Phi) is 1.96. The van der Waals surface area contributed by atoms with Gasteiger partial charge in [0.25, 0.3) is 0 Å². The zero-order valence-electron chi connectivity index (χ0n) is 8.05. The van der Waals surface area contributed by atoms with Crippen molar-refractivity contribution in [3.63, 3.8) is 0 Å². The van der Waals surface area contributed by atoms with Crippen LogP contribution >= 0.6 is 0 Å². The summed E-state index contributed by atoms with van der Waals surface area (Å²) in [5, 5.41) is 3.14. The fourth-order valence-electron chi connectivity index (χ4n) is 1.42. The molecule has 0 unspecified atom stereocenters. The second kappa shape index (κ2) is 3.43. The highest BCUT2D eigenvalue weighted by molar-refractivity contribution is 5.69. The molecule has 0 aromatic carbocycles. The molecular weight excluding hydrogens is 192 g/mol. The summed E-state index contributed by atoms with van der Waals surface area (Å²) in [5.74, 6) is 0.620. The third kappa shape index (κ3) is 1.61. The lowest BCUT2D eigenvalue weighted by atomic mass is 10.2. The van der Waals surface area contributed by atoms with Gasteiger partial charge in [-0.1, -0.05) is 0 Å². The summed E-state index contributed by atoms with van der Waals surface area (Å²) in [4.78, 5) is 12.5. The van der Waals surface area contributed by atoms with Crippen LogP contribution in [0, 0.1) is 0 Å². The summed E-state index contributed by atoms with van der Waals surface area (Å²) in [6.07, 6.45) is 3.52. The fraction of sp³-hybridized carbons (Fsp3) is 0.300. The molecule has 76 valence electrons. The molecule has 1 saturated heterocycles. The van der Waals surface area contributed by atoms with Crippen LogP contribution in [-0.4, -0.2) is 34.1 Å². The van der Waals surface area contributed by atoms with Crippen molar-refractivity contribution in [3.8, 4) is 5.88 Å². The van der Waals surface area contributed by atoms with E-state index in [1.54, 1.807) is 12.4 Å². The second-order valence-corrected chi connectivity index (χ2v) is 3.45. The Bertz CT molecular complexity index is 484. The third-order valence-corrected chi connectivity index (χ3v) is 2.34. The Morgan fingerprint density at radius 3 is 2.87 bits per heavy atom. The van der Waals surface area contributed by atoms with Crippen molar-refractivity contribution >= 4 is 11.2 Å². The highest BCUT2D eigenvalue weighted by Crippen LogP contribution is 2.14. The van der Waals surface area contributed by atoms with E-state index in [4.69, 9.17) is 4.74 Å². The molecule has 15 heavy (non-hydrogen) atoms. The summed E-state index contributed by atoms with van der Waals surface area (Å²) in [6, 6.07) is 3.70. The molecule has 2 aromatic rings. The molecular formula is C10H10N4O. The van der Waals surface area contributed by atoms with E-state index in [0.29, 0.717) is 11.5 Å². The lowest BCUT2D eigenvalue weighted by molar-refractivity contribution is 0.136. The molecule has 1 fully saturated rings. The van der Waals surface area contributed by atoms with Gasteiger partial charge in [-0.3, -0.25) is 4.98 Å². The number of pyridine rings is 1. The summed E-state index contributed by atoms with van der Waals surface area (Å²) in [6.45, 7) is 1.78. The van der Waals surface area contributed by atoms with E-state index in [2.05, 4.69) is 20.3 Å². The van der Waals surface area contributed by atoms with Crippen molar-refractivity contribution in [2.24, 2.45) is 0 Å². The molecule has 3 heterocycles. The van der Waals surface area contributed by atoms with Gasteiger partial charge in [-0.15, -0.1) is 0 Å². The minimum absolute atomic E-state index is 0.242. The van der Waals surface area contributed by atoms with Gasteiger partial charge in [0.2, 0.25) is 5.88 Å². The van der Waals surface area contributed by atoms with E-state index in [1.807, 2.05) is 12.1 Å². The van der Waals surface area contributed by atoms with Crippen LogP contribution in [0.3, 0.4) is 0 Å². The molecule has 2 aromatic heterocycles. The molecule has 1 N–H and O–H groups in total. The largest absolute Gasteiger partial charge is 0.472 e. The molecule has 5 nitrogen and oxygen atoms in total. The number of ether oxygens (including phenoxy) is 1. The predicted molar refractivity (Wildman–Crippen MR) is 54.6 cm³/mol. The number of hydrogen-bond donors (Lipinski definition) is 1. The minimum atomic E-state index is 0.242. The Labute approximate surface area is 86.5 Å². The molecule has 0 aliphatic carbocycles. The number of nitrogens with zero attached hydrogens (tertiary/aromatic N) is 3. The van der Waals surface area contributed by atoms with Gasteiger partial charge in [-0.2, -0.15) is 4.98 Å². The lowest BCUT2D eigenvalue weighted by Gasteiger charge is -2.27. The first-order valence-corrected chi connectivity index (χ1v) is 4.87. The zero-order chi connectivity index (χ0) is 10.1. The number of aromatic nitrogens is 3. The first-order chi connectivity index (χ1) is 7.42. The summed E-state index contributed by atoms with van der Waals surface area (Å²) in [5.41, 5.74) is 1.42. The van der Waals surface area contributed by atoms with Gasteiger partial charge in [-0.25, -0.2) is 4.98 Å². The van der Waals surface area contributed by atoms with Crippen molar-refractivity contribution in [2.75, 3.05) is 13.1 Å². The van der Waals surface area contributed by atoms with Crippen LogP contribution in [0.2, 0.25) is 0 Å². The maximum atomic E-state index is 5.62. The van der Waals surface area contributed by atoms with Crippen molar-refractivity contribution in [1.29, 1.82) is 0 Å². The van der Waals surface area contributed by atoms with Crippen LogP contribution in [-0.2, 0) is 0 Å². The molecule has 5 heteroatoms.